The smallest absolute Gasteiger partial charge is 0.342 e. The Labute approximate surface area is 167 Å². The second-order valence-electron chi connectivity index (χ2n) is 7.31. The van der Waals surface area contributed by atoms with E-state index in [2.05, 4.69) is 10.6 Å². The maximum Gasteiger partial charge on any atom is 0.342 e. The van der Waals surface area contributed by atoms with Crippen molar-refractivity contribution >= 4 is 34.1 Å². The Hall–Kier alpha value is -2.67. The third kappa shape index (κ3) is 4.25. The van der Waals surface area contributed by atoms with Gasteiger partial charge in [-0.15, -0.1) is 11.3 Å². The van der Waals surface area contributed by atoms with Crippen LogP contribution in [0.25, 0.3) is 11.1 Å². The van der Waals surface area contributed by atoms with Crippen molar-refractivity contribution in [2.24, 2.45) is 5.92 Å². The number of anilines is 1. The van der Waals surface area contributed by atoms with Crippen molar-refractivity contribution in [3.05, 3.63) is 41.3 Å². The van der Waals surface area contributed by atoms with E-state index in [1.165, 1.54) is 11.3 Å². The molecule has 2 aliphatic carbocycles. The molecule has 2 fully saturated rings. The van der Waals surface area contributed by atoms with Crippen molar-refractivity contribution in [3.8, 4) is 11.1 Å². The fourth-order valence-corrected chi connectivity index (χ4v) is 3.82. The zero-order valence-electron chi connectivity index (χ0n) is 15.6. The molecule has 146 valence electrons. The Morgan fingerprint density at radius 1 is 1.11 bits per heavy atom. The highest BCUT2D eigenvalue weighted by atomic mass is 32.1. The summed E-state index contributed by atoms with van der Waals surface area (Å²) in [6.45, 7) is 1.56. The predicted molar refractivity (Wildman–Crippen MR) is 107 cm³/mol. The van der Waals surface area contributed by atoms with Gasteiger partial charge in [0.1, 0.15) is 10.6 Å². The van der Waals surface area contributed by atoms with Crippen molar-refractivity contribution < 1.29 is 19.1 Å². The lowest BCUT2D eigenvalue weighted by Crippen LogP contribution is -2.37. The average molecular weight is 398 g/mol. The van der Waals surface area contributed by atoms with Crippen LogP contribution in [0.3, 0.4) is 0 Å². The Balaban J connectivity index is 1.58. The molecule has 1 heterocycles. The minimum Gasteiger partial charge on any atom is -0.449 e. The molecule has 2 amide bonds. The third-order valence-corrected chi connectivity index (χ3v) is 5.74. The lowest BCUT2D eigenvalue weighted by molar-refractivity contribution is -0.129. The molecule has 0 aliphatic heterocycles. The summed E-state index contributed by atoms with van der Waals surface area (Å²) in [5.74, 6) is -0.954. The van der Waals surface area contributed by atoms with Crippen LogP contribution in [0.15, 0.2) is 35.7 Å². The van der Waals surface area contributed by atoms with Gasteiger partial charge in [-0.1, -0.05) is 30.3 Å². The largest absolute Gasteiger partial charge is 0.449 e. The molecule has 1 aromatic carbocycles. The monoisotopic (exact) mass is 398 g/mol. The first kappa shape index (κ1) is 18.7. The highest BCUT2D eigenvalue weighted by Gasteiger charge is 2.33. The molecule has 4 rings (SSSR count). The van der Waals surface area contributed by atoms with Gasteiger partial charge in [-0.05, 0) is 38.2 Å². The SMILES string of the molecule is C[C@H](OC(=O)c1c(-c2ccccc2)csc1NC(=O)C1CC1)C(=O)NC1CC1. The molecular weight excluding hydrogens is 376 g/mol. The van der Waals surface area contributed by atoms with Crippen molar-refractivity contribution in [2.75, 3.05) is 5.32 Å². The van der Waals surface area contributed by atoms with Crippen molar-refractivity contribution in [2.45, 2.75) is 44.8 Å². The summed E-state index contributed by atoms with van der Waals surface area (Å²) in [7, 11) is 0. The first-order valence-corrected chi connectivity index (χ1v) is 10.4. The number of benzene rings is 1. The lowest BCUT2D eigenvalue weighted by Gasteiger charge is -2.15. The number of hydrogen-bond donors (Lipinski definition) is 2. The number of carbonyl (C=O) groups is 3. The Bertz CT molecular complexity index is 900. The number of thiophene rings is 1. The molecular formula is C21H22N2O4S. The molecule has 7 heteroatoms. The van der Waals surface area contributed by atoms with Gasteiger partial charge < -0.3 is 15.4 Å². The summed E-state index contributed by atoms with van der Waals surface area (Å²) in [4.78, 5) is 37.3. The first-order chi connectivity index (χ1) is 13.5. The summed E-state index contributed by atoms with van der Waals surface area (Å²) in [6, 6.07) is 9.66. The first-order valence-electron chi connectivity index (χ1n) is 9.52. The predicted octanol–water partition coefficient (Wildman–Crippen LogP) is 3.59. The summed E-state index contributed by atoms with van der Waals surface area (Å²) in [6.07, 6.45) is 2.78. The van der Waals surface area contributed by atoms with Crippen LogP contribution in [0.4, 0.5) is 5.00 Å². The third-order valence-electron chi connectivity index (χ3n) is 4.84. The zero-order chi connectivity index (χ0) is 19.7. The molecule has 0 radical (unpaired) electrons. The molecule has 2 N–H and O–H groups in total. The second-order valence-corrected chi connectivity index (χ2v) is 8.19. The van der Waals surface area contributed by atoms with Crippen LogP contribution in [0.5, 0.6) is 0 Å². The Kier molecular flexibility index (Phi) is 5.17. The molecule has 1 aromatic heterocycles. The van der Waals surface area contributed by atoms with Gasteiger partial charge in [0.25, 0.3) is 5.91 Å². The number of ether oxygens (including phenoxy) is 1. The van der Waals surface area contributed by atoms with Gasteiger partial charge in [0, 0.05) is 22.9 Å². The van der Waals surface area contributed by atoms with Crippen LogP contribution in [-0.4, -0.2) is 29.9 Å². The van der Waals surface area contributed by atoms with Crippen molar-refractivity contribution in [1.82, 2.24) is 5.32 Å². The van der Waals surface area contributed by atoms with E-state index < -0.39 is 12.1 Å². The van der Waals surface area contributed by atoms with Crippen LogP contribution in [0.1, 0.15) is 43.0 Å². The molecule has 1 atom stereocenters. The van der Waals surface area contributed by atoms with Gasteiger partial charge in [-0.2, -0.15) is 0 Å². The van der Waals surface area contributed by atoms with E-state index >= 15 is 0 Å². The van der Waals surface area contributed by atoms with Gasteiger partial charge in [0.2, 0.25) is 5.91 Å². The summed E-state index contributed by atoms with van der Waals surface area (Å²) in [5.41, 5.74) is 1.85. The topological polar surface area (TPSA) is 84.5 Å². The number of amides is 2. The summed E-state index contributed by atoms with van der Waals surface area (Å²) >= 11 is 1.30. The van der Waals surface area contributed by atoms with E-state index in [-0.39, 0.29) is 23.8 Å². The maximum atomic E-state index is 13.0. The number of hydrogen-bond acceptors (Lipinski definition) is 5. The normalized spacial score (nSPS) is 16.9. The number of nitrogens with one attached hydrogen (secondary N) is 2. The zero-order valence-corrected chi connectivity index (χ0v) is 16.4. The summed E-state index contributed by atoms with van der Waals surface area (Å²) < 4.78 is 5.45. The molecule has 2 aliphatic rings. The number of rotatable bonds is 7. The number of carbonyl (C=O) groups excluding carboxylic acids is 3. The van der Waals surface area contributed by atoms with Crippen LogP contribution in [0, 0.1) is 5.92 Å². The van der Waals surface area contributed by atoms with Gasteiger partial charge in [-0.25, -0.2) is 4.79 Å². The van der Waals surface area contributed by atoms with Crippen LogP contribution in [0.2, 0.25) is 0 Å². The Morgan fingerprint density at radius 3 is 2.46 bits per heavy atom. The molecule has 28 heavy (non-hydrogen) atoms. The van der Waals surface area contributed by atoms with Crippen LogP contribution in [-0.2, 0) is 14.3 Å². The molecule has 0 spiro atoms. The molecule has 6 nitrogen and oxygen atoms in total. The molecule has 2 aromatic rings. The van der Waals surface area contributed by atoms with E-state index in [1.54, 1.807) is 6.92 Å². The summed E-state index contributed by atoms with van der Waals surface area (Å²) in [5, 5.41) is 8.01. The minimum absolute atomic E-state index is 0.0226. The standard InChI is InChI=1S/C21H22N2O4S/c1-12(18(24)22-15-9-10-15)27-21(26)17-16(13-5-3-2-4-6-13)11-28-20(17)23-19(25)14-7-8-14/h2-6,11-12,14-15H,7-10H2,1H3,(H,22,24)(H,23,25)/t12-/m0/s1. The molecule has 0 unspecified atom stereocenters. The molecule has 0 saturated heterocycles. The van der Waals surface area contributed by atoms with Gasteiger partial charge >= 0.3 is 5.97 Å². The van der Waals surface area contributed by atoms with Gasteiger partial charge in [-0.3, -0.25) is 9.59 Å². The quantitative estimate of drug-likeness (QED) is 0.698. The minimum atomic E-state index is -0.899. The molecule has 2 saturated carbocycles. The van der Waals surface area contributed by atoms with Gasteiger partial charge in [0.15, 0.2) is 6.10 Å². The Morgan fingerprint density at radius 2 is 1.82 bits per heavy atom. The fourth-order valence-electron chi connectivity index (χ4n) is 2.86. The van der Waals surface area contributed by atoms with E-state index in [0.717, 1.165) is 31.2 Å². The van der Waals surface area contributed by atoms with Crippen molar-refractivity contribution in [1.29, 1.82) is 0 Å². The van der Waals surface area contributed by atoms with E-state index in [1.807, 2.05) is 35.7 Å². The van der Waals surface area contributed by atoms with Gasteiger partial charge in [0.05, 0.1) is 0 Å². The fraction of sp³-hybridized carbons (Fsp3) is 0.381. The highest BCUT2D eigenvalue weighted by molar-refractivity contribution is 7.15. The lowest BCUT2D eigenvalue weighted by atomic mass is 10.0. The van der Waals surface area contributed by atoms with Crippen LogP contribution >= 0.6 is 11.3 Å². The second kappa shape index (κ2) is 7.75. The molecule has 0 bridgehead atoms. The van der Waals surface area contributed by atoms with E-state index in [4.69, 9.17) is 4.74 Å². The van der Waals surface area contributed by atoms with Crippen molar-refractivity contribution in [3.63, 3.8) is 0 Å². The maximum absolute atomic E-state index is 13.0. The van der Waals surface area contributed by atoms with Crippen LogP contribution < -0.4 is 10.6 Å². The van der Waals surface area contributed by atoms with E-state index in [0.29, 0.717) is 16.1 Å². The van der Waals surface area contributed by atoms with E-state index in [9.17, 15) is 14.4 Å². The average Bonchev–Trinajstić information content (AvgIpc) is 3.61. The number of esters is 1. The highest BCUT2D eigenvalue weighted by Crippen LogP contribution is 2.38.